The molecule has 1 aliphatic heterocycles. The average Bonchev–Trinajstić information content (AvgIpc) is 2.77. The zero-order chi connectivity index (χ0) is 21.1. The summed E-state index contributed by atoms with van der Waals surface area (Å²) in [6.07, 6.45) is 5.30. The van der Waals surface area contributed by atoms with Crippen molar-refractivity contribution in [2.45, 2.75) is 25.8 Å². The van der Waals surface area contributed by atoms with Crippen molar-refractivity contribution in [3.8, 4) is 17.1 Å². The van der Waals surface area contributed by atoms with E-state index in [2.05, 4.69) is 4.98 Å². The number of benzene rings is 1. The summed E-state index contributed by atoms with van der Waals surface area (Å²) in [4.78, 5) is 30.4. The molecule has 2 aromatic heterocycles. The Labute approximate surface area is 176 Å². The second kappa shape index (κ2) is 8.49. The Morgan fingerprint density at radius 2 is 1.97 bits per heavy atom. The Morgan fingerprint density at radius 3 is 2.67 bits per heavy atom. The fraction of sp³-hybridized carbons (Fsp3) is 0.304. The molecule has 0 spiro atoms. The van der Waals surface area contributed by atoms with Gasteiger partial charge in [-0.1, -0.05) is 12.1 Å². The molecule has 0 saturated heterocycles. The van der Waals surface area contributed by atoms with Gasteiger partial charge in [-0.25, -0.2) is 9.97 Å². The molecule has 0 aliphatic carbocycles. The fourth-order valence-electron chi connectivity index (χ4n) is 3.69. The molecule has 7 heteroatoms. The van der Waals surface area contributed by atoms with Crippen molar-refractivity contribution >= 4 is 11.7 Å². The second-order valence-corrected chi connectivity index (χ2v) is 7.66. The van der Waals surface area contributed by atoms with E-state index in [1.807, 2.05) is 48.2 Å². The highest BCUT2D eigenvalue weighted by atomic mass is 16.3. The number of rotatable bonds is 5. The summed E-state index contributed by atoms with van der Waals surface area (Å²) in [5, 5.41) is 9.40. The van der Waals surface area contributed by atoms with Crippen LogP contribution < -0.4 is 4.90 Å². The van der Waals surface area contributed by atoms with Gasteiger partial charge in [-0.15, -0.1) is 0 Å². The highest BCUT2D eigenvalue weighted by Crippen LogP contribution is 2.28. The number of aryl methyl sites for hydroxylation is 1. The molecule has 0 unspecified atom stereocenters. The van der Waals surface area contributed by atoms with Crippen LogP contribution in [0.4, 0.5) is 5.82 Å². The van der Waals surface area contributed by atoms with Crippen molar-refractivity contribution in [2.24, 2.45) is 0 Å². The SMILES string of the molecule is CN(C)c1nc(-c2cccnc2)nc2c1CCN(C(=O)CCc1ccc(O)cc1)C2. The monoisotopic (exact) mass is 403 g/mol. The number of hydrogen-bond acceptors (Lipinski definition) is 6. The Balaban J connectivity index is 1.53. The number of carbonyl (C=O) groups is 1. The molecule has 0 fully saturated rings. The fourth-order valence-corrected chi connectivity index (χ4v) is 3.69. The largest absolute Gasteiger partial charge is 0.508 e. The normalized spacial score (nSPS) is 13.1. The zero-order valence-corrected chi connectivity index (χ0v) is 17.2. The lowest BCUT2D eigenvalue weighted by Gasteiger charge is -2.30. The molecule has 0 saturated carbocycles. The van der Waals surface area contributed by atoms with E-state index in [1.165, 1.54) is 0 Å². The number of nitrogens with zero attached hydrogens (tertiary/aromatic N) is 5. The van der Waals surface area contributed by atoms with Gasteiger partial charge in [-0.3, -0.25) is 9.78 Å². The summed E-state index contributed by atoms with van der Waals surface area (Å²) in [5.74, 6) is 1.87. The summed E-state index contributed by atoms with van der Waals surface area (Å²) in [6.45, 7) is 1.15. The number of carbonyl (C=O) groups excluding carboxylic acids is 1. The van der Waals surface area contributed by atoms with Crippen molar-refractivity contribution in [2.75, 3.05) is 25.5 Å². The third kappa shape index (κ3) is 4.25. The molecule has 0 bridgehead atoms. The predicted octanol–water partition coefficient (Wildman–Crippen LogP) is 2.83. The van der Waals surface area contributed by atoms with Crippen LogP contribution in [0.25, 0.3) is 11.4 Å². The van der Waals surface area contributed by atoms with Gasteiger partial charge >= 0.3 is 0 Å². The van der Waals surface area contributed by atoms with Crippen LogP contribution in [0.3, 0.4) is 0 Å². The minimum absolute atomic E-state index is 0.113. The van der Waals surface area contributed by atoms with Crippen LogP contribution in [-0.4, -0.2) is 51.5 Å². The number of fused-ring (bicyclic) bond motifs is 1. The molecular formula is C23H25N5O2. The van der Waals surface area contributed by atoms with Crippen LogP contribution >= 0.6 is 0 Å². The minimum atomic E-state index is 0.113. The molecular weight excluding hydrogens is 378 g/mol. The molecule has 0 atom stereocenters. The van der Waals surface area contributed by atoms with Crippen LogP contribution in [-0.2, 0) is 24.2 Å². The topological polar surface area (TPSA) is 82.5 Å². The molecule has 3 aromatic rings. The Bertz CT molecular complexity index is 1040. The number of hydrogen-bond donors (Lipinski definition) is 1. The van der Waals surface area contributed by atoms with Gasteiger partial charge < -0.3 is 14.9 Å². The first-order valence-corrected chi connectivity index (χ1v) is 10.0. The number of aromatic hydroxyl groups is 1. The summed E-state index contributed by atoms with van der Waals surface area (Å²) in [5.41, 5.74) is 3.90. The van der Waals surface area contributed by atoms with Crippen molar-refractivity contribution in [3.05, 3.63) is 65.6 Å². The van der Waals surface area contributed by atoms with Gasteiger partial charge in [-0.05, 0) is 42.7 Å². The molecule has 1 aliphatic rings. The number of pyridine rings is 1. The summed E-state index contributed by atoms with van der Waals surface area (Å²) in [7, 11) is 3.95. The van der Waals surface area contributed by atoms with Crippen LogP contribution in [0.2, 0.25) is 0 Å². The lowest BCUT2D eigenvalue weighted by atomic mass is 10.0. The van der Waals surface area contributed by atoms with E-state index in [-0.39, 0.29) is 11.7 Å². The third-order valence-corrected chi connectivity index (χ3v) is 5.30. The Kier molecular flexibility index (Phi) is 5.61. The maximum atomic E-state index is 12.8. The highest BCUT2D eigenvalue weighted by Gasteiger charge is 2.26. The molecule has 154 valence electrons. The summed E-state index contributed by atoms with van der Waals surface area (Å²) < 4.78 is 0. The van der Waals surface area contributed by atoms with Crippen LogP contribution in [0.1, 0.15) is 23.2 Å². The minimum Gasteiger partial charge on any atom is -0.508 e. The summed E-state index contributed by atoms with van der Waals surface area (Å²) >= 11 is 0. The quantitative estimate of drug-likeness (QED) is 0.705. The smallest absolute Gasteiger partial charge is 0.223 e. The number of amides is 1. The first-order chi connectivity index (χ1) is 14.5. The van der Waals surface area contributed by atoms with Gasteiger partial charge in [0.1, 0.15) is 11.6 Å². The van der Waals surface area contributed by atoms with Gasteiger partial charge in [-0.2, -0.15) is 0 Å². The molecule has 30 heavy (non-hydrogen) atoms. The molecule has 1 N–H and O–H groups in total. The van der Waals surface area contributed by atoms with E-state index in [9.17, 15) is 9.90 Å². The van der Waals surface area contributed by atoms with Crippen LogP contribution in [0.5, 0.6) is 5.75 Å². The van der Waals surface area contributed by atoms with E-state index in [4.69, 9.17) is 9.97 Å². The van der Waals surface area contributed by atoms with E-state index in [1.54, 1.807) is 24.5 Å². The van der Waals surface area contributed by atoms with E-state index in [0.717, 1.165) is 34.6 Å². The number of phenolic OH excluding ortho intramolecular Hbond substituents is 1. The number of anilines is 1. The van der Waals surface area contributed by atoms with Gasteiger partial charge in [0.25, 0.3) is 0 Å². The molecule has 3 heterocycles. The number of aromatic nitrogens is 3. The van der Waals surface area contributed by atoms with Gasteiger partial charge in [0.2, 0.25) is 5.91 Å². The third-order valence-electron chi connectivity index (χ3n) is 5.30. The lowest BCUT2D eigenvalue weighted by molar-refractivity contribution is -0.132. The second-order valence-electron chi connectivity index (χ2n) is 7.66. The summed E-state index contributed by atoms with van der Waals surface area (Å²) in [6, 6.07) is 10.8. The lowest BCUT2D eigenvalue weighted by Crippen LogP contribution is -2.37. The van der Waals surface area contributed by atoms with Crippen LogP contribution in [0.15, 0.2) is 48.8 Å². The zero-order valence-electron chi connectivity index (χ0n) is 17.2. The molecule has 0 radical (unpaired) electrons. The average molecular weight is 403 g/mol. The van der Waals surface area contributed by atoms with E-state index < -0.39 is 0 Å². The molecule has 1 amide bonds. The Morgan fingerprint density at radius 1 is 1.17 bits per heavy atom. The maximum absolute atomic E-state index is 12.8. The Hall–Kier alpha value is -3.48. The van der Waals surface area contributed by atoms with Gasteiger partial charge in [0, 0.05) is 50.6 Å². The van der Waals surface area contributed by atoms with Crippen molar-refractivity contribution in [1.29, 1.82) is 0 Å². The van der Waals surface area contributed by atoms with Gasteiger partial charge in [0.05, 0.1) is 12.2 Å². The first-order valence-electron chi connectivity index (χ1n) is 10.0. The van der Waals surface area contributed by atoms with Crippen LogP contribution in [0, 0.1) is 0 Å². The number of phenols is 1. The van der Waals surface area contributed by atoms with E-state index in [0.29, 0.717) is 31.8 Å². The molecule has 7 nitrogen and oxygen atoms in total. The van der Waals surface area contributed by atoms with Crippen molar-refractivity contribution in [1.82, 2.24) is 19.9 Å². The standard InChI is InChI=1S/C23H25N5O2/c1-27(2)23-19-11-13-28(21(30)10-7-16-5-8-18(29)9-6-16)15-20(19)25-22(26-23)17-4-3-12-24-14-17/h3-6,8-9,12,14,29H,7,10-11,13,15H2,1-2H3. The van der Waals surface area contributed by atoms with Gasteiger partial charge in [0.15, 0.2) is 5.82 Å². The van der Waals surface area contributed by atoms with Crippen molar-refractivity contribution < 1.29 is 9.90 Å². The molecule has 1 aromatic carbocycles. The highest BCUT2D eigenvalue weighted by molar-refractivity contribution is 5.77. The van der Waals surface area contributed by atoms with Crippen molar-refractivity contribution in [3.63, 3.8) is 0 Å². The molecule has 4 rings (SSSR count). The first kappa shape index (κ1) is 19.8. The van der Waals surface area contributed by atoms with E-state index >= 15 is 0 Å². The maximum Gasteiger partial charge on any atom is 0.223 e. The predicted molar refractivity (Wildman–Crippen MR) is 115 cm³/mol.